The summed E-state index contributed by atoms with van der Waals surface area (Å²) in [6, 6.07) is 9.66. The van der Waals surface area contributed by atoms with E-state index in [1.165, 1.54) is 38.1 Å². The summed E-state index contributed by atoms with van der Waals surface area (Å²) in [4.78, 5) is 106. The maximum Gasteiger partial charge on any atom is 2.00 e. The number of aromatic nitrogens is 4. The number of carboxylic acids is 4. The van der Waals surface area contributed by atoms with E-state index >= 15 is 0 Å². The number of benzene rings is 2. The number of nitrogens with two attached hydrogens (primary N) is 2. The second-order valence-electron chi connectivity index (χ2n) is 15.4. The van der Waals surface area contributed by atoms with Gasteiger partial charge in [-0.15, -0.1) is 0 Å². The zero-order valence-electron chi connectivity index (χ0n) is 36.1. The molecular weight excluding hydrogens is 909 g/mol. The van der Waals surface area contributed by atoms with E-state index in [2.05, 4.69) is 62.5 Å². The maximum atomic E-state index is 12.4. The number of H-pyrrole nitrogens is 2. The van der Waals surface area contributed by atoms with E-state index in [9.17, 15) is 58.8 Å². The number of aliphatic carboxylic acids is 4. The zero-order chi connectivity index (χ0) is 48.2. The van der Waals surface area contributed by atoms with Crippen LogP contribution >= 0.6 is 0 Å². The first-order valence-electron chi connectivity index (χ1n) is 20.2. The van der Waals surface area contributed by atoms with Crippen LogP contribution in [0.3, 0.4) is 0 Å². The summed E-state index contributed by atoms with van der Waals surface area (Å²) in [5.74, 6) is -7.96. The van der Waals surface area contributed by atoms with E-state index in [4.69, 9.17) is 11.5 Å². The molecule has 26 nitrogen and oxygen atoms in total. The van der Waals surface area contributed by atoms with E-state index in [1.54, 1.807) is 24.3 Å². The summed E-state index contributed by atoms with van der Waals surface area (Å²) in [6.45, 7) is 4.52. The van der Waals surface area contributed by atoms with Crippen LogP contribution in [0.15, 0.2) is 58.1 Å². The molecule has 4 heterocycles. The van der Waals surface area contributed by atoms with E-state index in [-0.39, 0.29) is 96.8 Å². The molecule has 2 aromatic heterocycles. The minimum absolute atomic E-state index is 0. The first-order valence-corrected chi connectivity index (χ1v) is 20.2. The van der Waals surface area contributed by atoms with E-state index in [0.717, 1.165) is 0 Å². The van der Waals surface area contributed by atoms with Gasteiger partial charge in [0.05, 0.1) is 12.1 Å². The van der Waals surface area contributed by atoms with Gasteiger partial charge < -0.3 is 84.0 Å². The number of carboxylic acid groups (broad SMARTS) is 4. The molecule has 0 spiro atoms. The number of carbonyl (C=O) groups is 6. The van der Waals surface area contributed by atoms with Crippen LogP contribution in [-0.4, -0.2) is 154 Å². The van der Waals surface area contributed by atoms with Crippen LogP contribution in [0.5, 0.6) is 0 Å². The standard InChI is InChI=1S/2C20H25N7O6.Ca/c2*1-9(18(30)31)6-13(19(32)33)25-16(28)10-2-4-11(5-3-10)22-7-12-8-23-15-14(24-12)17(29)27-20(21)26-15;/h2*2-5,9,12-13,22,24H,6-8H2,1H3,(H,25,28)(H,30,31)(H,32,33)(H4,21,23,26,27,29);/q;;+2/p-2/t2*9?,12-,13-;/m00./s1. The largest absolute Gasteiger partial charge is 2.00 e. The average Bonchev–Trinajstić information content (AvgIpc) is 3.27. The van der Waals surface area contributed by atoms with Gasteiger partial charge in [0.1, 0.15) is 23.5 Å². The molecule has 0 saturated heterocycles. The molecule has 2 aromatic carbocycles. The number of nitrogens with one attached hydrogen (secondary N) is 10. The van der Waals surface area contributed by atoms with Crippen molar-refractivity contribution in [3.05, 3.63) is 80.4 Å². The molecule has 4 aromatic rings. The predicted octanol–water partition coefficient (Wildman–Crippen LogP) is -3.12. The fraction of sp³-hybridized carbons (Fsp3) is 0.350. The molecule has 27 heteroatoms. The van der Waals surface area contributed by atoms with Gasteiger partial charge in [-0.3, -0.25) is 29.1 Å². The Morgan fingerprint density at radius 2 is 1.00 bits per heavy atom. The molecule has 0 aliphatic carbocycles. The first kappa shape index (κ1) is 52.3. The van der Waals surface area contributed by atoms with Gasteiger partial charge in [-0.1, -0.05) is 13.8 Å². The Labute approximate surface area is 409 Å². The van der Waals surface area contributed by atoms with E-state index in [1.807, 2.05) is 0 Å². The summed E-state index contributed by atoms with van der Waals surface area (Å²) >= 11 is 0. The minimum atomic E-state index is -1.39. The Morgan fingerprint density at radius 3 is 1.31 bits per heavy atom. The molecule has 6 atom stereocenters. The summed E-state index contributed by atoms with van der Waals surface area (Å²) in [5.41, 5.74) is 12.7. The molecule has 2 amide bonds. The van der Waals surface area contributed by atoms with Crippen molar-refractivity contribution in [2.24, 2.45) is 11.8 Å². The second-order valence-corrected chi connectivity index (χ2v) is 15.4. The van der Waals surface area contributed by atoms with Gasteiger partial charge >= 0.3 is 49.7 Å². The van der Waals surface area contributed by atoms with Gasteiger partial charge in [-0.05, 0) is 73.2 Å². The number of fused-ring (bicyclic) bond motifs is 2. The average molecular weight is 957 g/mol. The van der Waals surface area contributed by atoms with Crippen LogP contribution in [0, 0.1) is 11.8 Å². The van der Waals surface area contributed by atoms with Crippen LogP contribution in [0.1, 0.15) is 47.4 Å². The molecule has 352 valence electrons. The zero-order valence-corrected chi connectivity index (χ0v) is 38.3. The molecule has 16 N–H and O–H groups in total. The number of nitrogens with zero attached hydrogens (tertiary/aromatic N) is 2. The van der Waals surface area contributed by atoms with Crippen LogP contribution in [-0.2, 0) is 19.2 Å². The smallest absolute Gasteiger partial charge is 0.550 e. The van der Waals surface area contributed by atoms with E-state index in [0.29, 0.717) is 60.6 Å². The molecule has 0 radical (unpaired) electrons. The maximum absolute atomic E-state index is 12.4. The Bertz CT molecular complexity index is 2380. The predicted molar refractivity (Wildman–Crippen MR) is 241 cm³/mol. The molecule has 67 heavy (non-hydrogen) atoms. The number of nitrogen functional groups attached to an aromatic ring is 2. The molecule has 0 saturated carbocycles. The van der Waals surface area contributed by atoms with Crippen molar-refractivity contribution in [1.29, 1.82) is 0 Å². The number of aromatic amines is 2. The molecule has 2 unspecified atom stereocenters. The van der Waals surface area contributed by atoms with Crippen LogP contribution in [0.25, 0.3) is 0 Å². The topological polar surface area (TPSA) is 429 Å². The van der Waals surface area contributed by atoms with Crippen molar-refractivity contribution < 1.29 is 49.2 Å². The fourth-order valence-electron chi connectivity index (χ4n) is 6.49. The third-order valence-corrected chi connectivity index (χ3v) is 10.2. The van der Waals surface area contributed by atoms with Gasteiger partial charge in [0.15, 0.2) is 11.6 Å². The molecule has 6 rings (SSSR count). The number of rotatable bonds is 18. The summed E-state index contributed by atoms with van der Waals surface area (Å²) in [6.07, 6.45) is -0.584. The SMILES string of the molecule is CC(C[C@H](NC(=O)c1ccc(NC[C@H]2CNc3nc(N)[nH]c(=O)c3N2)cc1)C(=O)O)C(=O)[O-].CC(C[C@H](NC(=O)c1ccc(NC[C@H]2CNc3nc(N)[nH]c(=O)c3N2)cc1)C(=O)O)C(=O)[O-].[Ca+2]. The van der Waals surface area contributed by atoms with Crippen molar-refractivity contribution in [2.75, 3.05) is 69.5 Å². The number of hydrogen-bond donors (Lipinski definition) is 14. The van der Waals surface area contributed by atoms with Crippen molar-refractivity contribution in [3.63, 3.8) is 0 Å². The third kappa shape index (κ3) is 14.8. The molecule has 2 aliphatic rings. The normalized spacial score (nSPS) is 16.1. The molecular formula is C40H48CaN14O12. The van der Waals surface area contributed by atoms with Crippen LogP contribution in [0.2, 0.25) is 0 Å². The Hall–Kier alpha value is -7.32. The van der Waals surface area contributed by atoms with Crippen LogP contribution < -0.4 is 75.3 Å². The summed E-state index contributed by atoms with van der Waals surface area (Å²) < 4.78 is 0. The van der Waals surface area contributed by atoms with Crippen LogP contribution in [0.4, 0.5) is 46.3 Å². The molecule has 0 fully saturated rings. The summed E-state index contributed by atoms with van der Waals surface area (Å²) in [7, 11) is 0. The molecule has 0 bridgehead atoms. The Kier molecular flexibility index (Phi) is 18.5. The number of anilines is 8. The number of amides is 2. The molecule has 2 aliphatic heterocycles. The fourth-order valence-corrected chi connectivity index (χ4v) is 6.49. The number of hydrogen-bond acceptors (Lipinski definition) is 20. The minimum Gasteiger partial charge on any atom is -0.550 e. The summed E-state index contributed by atoms with van der Waals surface area (Å²) in [5, 5.41) is 63.5. The van der Waals surface area contributed by atoms with Gasteiger partial charge in [0.2, 0.25) is 11.9 Å². The van der Waals surface area contributed by atoms with Crippen molar-refractivity contribution in [2.45, 2.75) is 50.9 Å². The quantitative estimate of drug-likeness (QED) is 0.0439. The van der Waals surface area contributed by atoms with Gasteiger partial charge in [0, 0.05) is 60.6 Å². The Morgan fingerprint density at radius 1 is 0.657 bits per heavy atom. The Balaban J connectivity index is 0.000000288. The van der Waals surface area contributed by atoms with Gasteiger partial charge in [0.25, 0.3) is 22.9 Å². The van der Waals surface area contributed by atoms with Crippen molar-refractivity contribution >= 4 is 120 Å². The van der Waals surface area contributed by atoms with Gasteiger partial charge in [-0.25, -0.2) is 9.59 Å². The second kappa shape index (κ2) is 23.7. The first-order chi connectivity index (χ1) is 31.3. The van der Waals surface area contributed by atoms with Crippen molar-refractivity contribution in [1.82, 2.24) is 30.6 Å². The van der Waals surface area contributed by atoms with E-state index < -0.39 is 59.6 Å². The monoisotopic (exact) mass is 956 g/mol. The van der Waals surface area contributed by atoms with Gasteiger partial charge in [-0.2, -0.15) is 9.97 Å². The third-order valence-electron chi connectivity index (χ3n) is 10.2. The van der Waals surface area contributed by atoms with Crippen molar-refractivity contribution in [3.8, 4) is 0 Å². The number of carbonyl (C=O) groups excluding carboxylic acids is 4.